The molecular weight excluding hydrogens is 433 g/mol. The Morgan fingerprint density at radius 1 is 1.24 bits per heavy atom. The fraction of sp³-hybridized carbons (Fsp3) is 0.500. The molecule has 1 aliphatic heterocycles. The van der Waals surface area contributed by atoms with Gasteiger partial charge in [0.15, 0.2) is 0 Å². The summed E-state index contributed by atoms with van der Waals surface area (Å²) in [6.07, 6.45) is 8.28. The number of hydrogen-bond acceptors (Lipinski definition) is 5. The van der Waals surface area contributed by atoms with Gasteiger partial charge in [-0.1, -0.05) is 6.92 Å². The Morgan fingerprint density at radius 3 is 2.71 bits per heavy atom. The first-order chi connectivity index (χ1) is 16.2. The fourth-order valence-corrected chi connectivity index (χ4v) is 4.64. The maximum absolute atomic E-state index is 13.3. The molecule has 2 atom stereocenters. The van der Waals surface area contributed by atoms with Gasteiger partial charge >= 0.3 is 6.09 Å². The van der Waals surface area contributed by atoms with E-state index in [0.29, 0.717) is 19.0 Å². The van der Waals surface area contributed by atoms with E-state index >= 15 is 0 Å². The Balaban J connectivity index is 1.45. The fourth-order valence-electron chi connectivity index (χ4n) is 4.64. The molecule has 182 valence electrons. The molecule has 4 rings (SSSR count). The lowest BCUT2D eigenvalue weighted by atomic mass is 9.89. The molecule has 0 bridgehead atoms. The second-order valence-corrected chi connectivity index (χ2v) is 9.99. The number of likely N-dealkylation sites (tertiary alicyclic amines) is 1. The first-order valence-electron chi connectivity index (χ1n) is 12.0. The summed E-state index contributed by atoms with van der Waals surface area (Å²) in [4.78, 5) is 18.9. The molecule has 1 aliphatic rings. The van der Waals surface area contributed by atoms with Gasteiger partial charge in [0.1, 0.15) is 11.4 Å². The lowest BCUT2D eigenvalue weighted by Crippen LogP contribution is -2.48. The van der Waals surface area contributed by atoms with Crippen molar-refractivity contribution in [1.82, 2.24) is 25.0 Å². The van der Waals surface area contributed by atoms with Crippen molar-refractivity contribution in [2.24, 2.45) is 5.92 Å². The highest BCUT2D eigenvalue weighted by atomic mass is 19.1. The summed E-state index contributed by atoms with van der Waals surface area (Å²) in [6.45, 7) is 9.97. The number of amides is 1. The first kappa shape index (κ1) is 24.1. The number of fused-ring (bicyclic) bond motifs is 1. The van der Waals surface area contributed by atoms with Gasteiger partial charge in [-0.3, -0.25) is 4.98 Å². The molecule has 1 saturated heterocycles. The van der Waals surface area contributed by atoms with Gasteiger partial charge in [0.2, 0.25) is 0 Å². The summed E-state index contributed by atoms with van der Waals surface area (Å²) in [5.41, 5.74) is 2.24. The van der Waals surface area contributed by atoms with Crippen LogP contribution in [0.1, 0.15) is 52.5 Å². The van der Waals surface area contributed by atoms with Crippen LogP contribution in [-0.2, 0) is 11.3 Å². The third-order valence-corrected chi connectivity index (χ3v) is 6.32. The Hall–Kier alpha value is -3.00. The summed E-state index contributed by atoms with van der Waals surface area (Å²) >= 11 is 0. The number of halogens is 1. The molecule has 1 fully saturated rings. The molecule has 0 saturated carbocycles. The minimum Gasteiger partial charge on any atom is -0.444 e. The van der Waals surface area contributed by atoms with Crippen LogP contribution in [0.5, 0.6) is 0 Å². The number of carbonyl (C=O) groups excluding carboxylic acids is 1. The summed E-state index contributed by atoms with van der Waals surface area (Å²) in [5, 5.41) is 9.24. The van der Waals surface area contributed by atoms with Gasteiger partial charge in [-0.25, -0.2) is 13.9 Å². The number of carbonyl (C=O) groups is 1. The molecule has 3 aromatic rings. The number of nitrogens with one attached hydrogen (secondary N) is 1. The van der Waals surface area contributed by atoms with Crippen molar-refractivity contribution < 1.29 is 13.9 Å². The van der Waals surface area contributed by atoms with Crippen LogP contribution in [0.2, 0.25) is 0 Å². The minimum absolute atomic E-state index is 0.228. The number of hydrogen-bond donors (Lipinski definition) is 1. The van der Waals surface area contributed by atoms with Crippen LogP contribution in [0.3, 0.4) is 0 Å². The lowest BCUT2D eigenvalue weighted by molar-refractivity contribution is 0.0143. The number of piperidine rings is 1. The van der Waals surface area contributed by atoms with Gasteiger partial charge in [0.25, 0.3) is 0 Å². The van der Waals surface area contributed by atoms with Crippen LogP contribution < -0.4 is 5.32 Å². The van der Waals surface area contributed by atoms with Crippen LogP contribution >= 0.6 is 0 Å². The predicted molar refractivity (Wildman–Crippen MR) is 130 cm³/mol. The van der Waals surface area contributed by atoms with E-state index in [2.05, 4.69) is 22.3 Å². The molecule has 7 nitrogen and oxygen atoms in total. The number of aromatic nitrogens is 3. The number of rotatable bonds is 6. The Kier molecular flexibility index (Phi) is 7.16. The first-order valence-corrected chi connectivity index (χ1v) is 12.0. The molecule has 2 aromatic heterocycles. The Labute approximate surface area is 200 Å². The van der Waals surface area contributed by atoms with Crippen molar-refractivity contribution in [3.05, 3.63) is 54.2 Å². The zero-order chi connectivity index (χ0) is 24.3. The zero-order valence-electron chi connectivity index (χ0n) is 20.4. The van der Waals surface area contributed by atoms with Crippen molar-refractivity contribution in [2.75, 3.05) is 13.1 Å². The highest BCUT2D eigenvalue weighted by Crippen LogP contribution is 2.25. The van der Waals surface area contributed by atoms with E-state index in [1.54, 1.807) is 23.0 Å². The zero-order valence-corrected chi connectivity index (χ0v) is 20.4. The van der Waals surface area contributed by atoms with E-state index < -0.39 is 5.60 Å². The van der Waals surface area contributed by atoms with Crippen LogP contribution in [0.25, 0.3) is 16.6 Å². The molecule has 34 heavy (non-hydrogen) atoms. The number of nitrogens with zero attached hydrogens (tertiary/aromatic N) is 4. The molecule has 0 radical (unpaired) electrons. The van der Waals surface area contributed by atoms with Crippen LogP contribution in [0, 0.1) is 11.7 Å². The van der Waals surface area contributed by atoms with Gasteiger partial charge < -0.3 is 15.0 Å². The molecule has 0 spiro atoms. The molecule has 1 aromatic carbocycles. The van der Waals surface area contributed by atoms with Crippen molar-refractivity contribution in [1.29, 1.82) is 0 Å². The second kappa shape index (κ2) is 10.1. The molecule has 3 heterocycles. The maximum Gasteiger partial charge on any atom is 0.410 e. The number of ether oxygens (including phenoxy) is 1. The summed E-state index contributed by atoms with van der Waals surface area (Å²) in [5.74, 6) is 0.0853. The highest BCUT2D eigenvalue weighted by Gasteiger charge is 2.31. The SMILES string of the molecule is CCC(NCc1cncc2c1cnn2-c1ccc(F)cc1)C1CCCN(C(=O)OC(C)(C)C)C1. The molecule has 1 amide bonds. The summed E-state index contributed by atoms with van der Waals surface area (Å²) in [6, 6.07) is 6.54. The van der Waals surface area contributed by atoms with Gasteiger partial charge in [-0.05, 0) is 75.8 Å². The predicted octanol–water partition coefficient (Wildman–Crippen LogP) is 5.07. The molecule has 1 N–H and O–H groups in total. The van der Waals surface area contributed by atoms with Gasteiger partial charge in [-0.2, -0.15) is 5.10 Å². The van der Waals surface area contributed by atoms with E-state index in [4.69, 9.17) is 4.74 Å². The molecule has 8 heteroatoms. The number of benzene rings is 1. The quantitative estimate of drug-likeness (QED) is 0.548. The van der Waals surface area contributed by atoms with Crippen molar-refractivity contribution in [3.63, 3.8) is 0 Å². The summed E-state index contributed by atoms with van der Waals surface area (Å²) < 4.78 is 20.7. The van der Waals surface area contributed by atoms with E-state index in [1.807, 2.05) is 38.1 Å². The average Bonchev–Trinajstić information content (AvgIpc) is 3.24. The lowest BCUT2D eigenvalue weighted by Gasteiger charge is -2.37. The minimum atomic E-state index is -0.490. The van der Waals surface area contributed by atoms with E-state index in [-0.39, 0.29) is 18.0 Å². The topological polar surface area (TPSA) is 72.3 Å². The van der Waals surface area contributed by atoms with E-state index in [9.17, 15) is 9.18 Å². The Bertz CT molecular complexity index is 1120. The molecule has 0 aliphatic carbocycles. The second-order valence-electron chi connectivity index (χ2n) is 9.99. The van der Waals surface area contributed by atoms with E-state index in [1.165, 1.54) is 12.1 Å². The normalized spacial score (nSPS) is 17.7. The Morgan fingerprint density at radius 2 is 2.00 bits per heavy atom. The van der Waals surface area contributed by atoms with Crippen molar-refractivity contribution in [2.45, 2.75) is 65.1 Å². The van der Waals surface area contributed by atoms with Crippen molar-refractivity contribution in [3.8, 4) is 5.69 Å². The standard InChI is InChI=1S/C26H34FN5O2/c1-5-23(18-7-6-12-31(17-18)25(33)34-26(2,3)4)29-14-19-13-28-16-24-22(19)15-30-32(24)21-10-8-20(27)9-11-21/h8-11,13,15-16,18,23,29H,5-7,12,14,17H2,1-4H3. The van der Waals surface area contributed by atoms with Crippen LogP contribution in [0.15, 0.2) is 42.9 Å². The van der Waals surface area contributed by atoms with Crippen molar-refractivity contribution >= 4 is 17.0 Å². The monoisotopic (exact) mass is 467 g/mol. The third kappa shape index (κ3) is 5.55. The smallest absolute Gasteiger partial charge is 0.410 e. The van der Waals surface area contributed by atoms with Gasteiger partial charge in [-0.15, -0.1) is 0 Å². The van der Waals surface area contributed by atoms with Crippen LogP contribution in [0.4, 0.5) is 9.18 Å². The largest absolute Gasteiger partial charge is 0.444 e. The molecular formula is C26H34FN5O2. The van der Waals surface area contributed by atoms with E-state index in [0.717, 1.165) is 48.0 Å². The number of pyridine rings is 1. The van der Waals surface area contributed by atoms with Gasteiger partial charge in [0.05, 0.1) is 23.6 Å². The third-order valence-electron chi connectivity index (χ3n) is 6.32. The summed E-state index contributed by atoms with van der Waals surface area (Å²) in [7, 11) is 0. The average molecular weight is 468 g/mol. The highest BCUT2D eigenvalue weighted by molar-refractivity contribution is 5.82. The maximum atomic E-state index is 13.3. The molecule has 2 unspecified atom stereocenters. The van der Waals surface area contributed by atoms with Crippen LogP contribution in [-0.4, -0.2) is 50.5 Å². The van der Waals surface area contributed by atoms with Gasteiger partial charge in [0, 0.05) is 37.3 Å².